The molecule has 2 unspecified atom stereocenters. The maximum absolute atomic E-state index is 5.81. The number of hydrogen-bond acceptors (Lipinski definition) is 2. The minimum absolute atomic E-state index is 0.490. The van der Waals surface area contributed by atoms with E-state index in [1.807, 2.05) is 0 Å². The van der Waals surface area contributed by atoms with Crippen molar-refractivity contribution in [3.8, 4) is 0 Å². The Kier molecular flexibility index (Phi) is 3.39. The van der Waals surface area contributed by atoms with Gasteiger partial charge < -0.3 is 10.5 Å². The highest BCUT2D eigenvalue weighted by atomic mass is 16.5. The summed E-state index contributed by atoms with van der Waals surface area (Å²) < 4.78 is 5.54. The van der Waals surface area contributed by atoms with Crippen molar-refractivity contribution in [1.82, 2.24) is 0 Å². The van der Waals surface area contributed by atoms with Crippen molar-refractivity contribution in [3.63, 3.8) is 0 Å². The summed E-state index contributed by atoms with van der Waals surface area (Å²) in [5.41, 5.74) is 8.48. The molecule has 1 aromatic rings. The van der Waals surface area contributed by atoms with Gasteiger partial charge in [-0.25, -0.2) is 0 Å². The predicted octanol–water partition coefficient (Wildman–Crippen LogP) is 2.07. The number of rotatable bonds is 2. The number of benzene rings is 1. The Hall–Kier alpha value is -0.860. The van der Waals surface area contributed by atoms with E-state index in [1.165, 1.54) is 11.1 Å². The van der Waals surface area contributed by atoms with Gasteiger partial charge >= 0.3 is 0 Å². The molecule has 15 heavy (non-hydrogen) atoms. The molecule has 0 amide bonds. The quantitative estimate of drug-likeness (QED) is 0.802. The van der Waals surface area contributed by atoms with Crippen LogP contribution in [0.2, 0.25) is 0 Å². The molecule has 2 N–H and O–H groups in total. The molecule has 82 valence electrons. The Bertz CT molecular complexity index is 307. The van der Waals surface area contributed by atoms with Crippen LogP contribution in [0.3, 0.4) is 0 Å². The first-order chi connectivity index (χ1) is 7.31. The monoisotopic (exact) mass is 205 g/mol. The topological polar surface area (TPSA) is 35.2 Å². The van der Waals surface area contributed by atoms with Crippen LogP contribution in [0.1, 0.15) is 23.5 Å². The Morgan fingerprint density at radius 3 is 2.73 bits per heavy atom. The van der Waals surface area contributed by atoms with Crippen molar-refractivity contribution in [3.05, 3.63) is 35.4 Å². The van der Waals surface area contributed by atoms with Gasteiger partial charge in [0.1, 0.15) is 0 Å². The van der Waals surface area contributed by atoms with Gasteiger partial charge in [-0.05, 0) is 31.4 Å². The number of ether oxygens (including phenoxy) is 1. The van der Waals surface area contributed by atoms with Gasteiger partial charge in [-0.1, -0.05) is 29.8 Å². The minimum atomic E-state index is 0.490. The van der Waals surface area contributed by atoms with Crippen molar-refractivity contribution in [2.45, 2.75) is 19.3 Å². The zero-order valence-electron chi connectivity index (χ0n) is 9.28. The standard InChI is InChI=1S/C13H19NO/c1-10-2-4-11(5-3-10)13-9-15-7-6-12(13)8-14/h2-5,12-13H,6-9,14H2,1H3. The van der Waals surface area contributed by atoms with E-state index < -0.39 is 0 Å². The van der Waals surface area contributed by atoms with Crippen LogP contribution in [0.4, 0.5) is 0 Å². The molecule has 1 aliphatic heterocycles. The largest absolute Gasteiger partial charge is 0.381 e. The summed E-state index contributed by atoms with van der Waals surface area (Å²) in [4.78, 5) is 0. The van der Waals surface area contributed by atoms with E-state index in [4.69, 9.17) is 10.5 Å². The summed E-state index contributed by atoms with van der Waals surface area (Å²) in [5, 5.41) is 0. The van der Waals surface area contributed by atoms with Crippen LogP contribution >= 0.6 is 0 Å². The maximum Gasteiger partial charge on any atom is 0.0537 e. The summed E-state index contributed by atoms with van der Waals surface area (Å²) in [6.45, 7) is 4.57. The van der Waals surface area contributed by atoms with Crippen LogP contribution in [0.25, 0.3) is 0 Å². The molecule has 1 fully saturated rings. The van der Waals surface area contributed by atoms with E-state index in [1.54, 1.807) is 0 Å². The van der Waals surface area contributed by atoms with Crippen molar-refractivity contribution in [2.75, 3.05) is 19.8 Å². The predicted molar refractivity (Wildman–Crippen MR) is 61.9 cm³/mol. The average Bonchev–Trinajstić information content (AvgIpc) is 2.30. The highest BCUT2D eigenvalue weighted by Crippen LogP contribution is 2.30. The van der Waals surface area contributed by atoms with Crippen molar-refractivity contribution in [2.24, 2.45) is 11.7 Å². The number of aryl methyl sites for hydroxylation is 1. The fourth-order valence-electron chi connectivity index (χ4n) is 2.25. The summed E-state index contributed by atoms with van der Waals surface area (Å²) in [6, 6.07) is 8.74. The molecular weight excluding hydrogens is 186 g/mol. The van der Waals surface area contributed by atoms with Crippen molar-refractivity contribution < 1.29 is 4.74 Å². The third kappa shape index (κ3) is 2.39. The van der Waals surface area contributed by atoms with Crippen LogP contribution in [-0.4, -0.2) is 19.8 Å². The average molecular weight is 205 g/mol. The zero-order chi connectivity index (χ0) is 10.7. The van der Waals surface area contributed by atoms with E-state index >= 15 is 0 Å². The first-order valence-electron chi connectivity index (χ1n) is 5.65. The molecule has 1 aliphatic rings. The molecule has 1 aromatic carbocycles. The number of hydrogen-bond donors (Lipinski definition) is 1. The lowest BCUT2D eigenvalue weighted by Gasteiger charge is -2.31. The Morgan fingerprint density at radius 2 is 2.07 bits per heavy atom. The van der Waals surface area contributed by atoms with Crippen molar-refractivity contribution >= 4 is 0 Å². The van der Waals surface area contributed by atoms with Crippen molar-refractivity contribution in [1.29, 1.82) is 0 Å². The summed E-state index contributed by atoms with van der Waals surface area (Å²) in [6.07, 6.45) is 1.09. The molecule has 2 nitrogen and oxygen atoms in total. The summed E-state index contributed by atoms with van der Waals surface area (Å²) >= 11 is 0. The smallest absolute Gasteiger partial charge is 0.0537 e. The minimum Gasteiger partial charge on any atom is -0.381 e. The lowest BCUT2D eigenvalue weighted by Crippen LogP contribution is -2.31. The van der Waals surface area contributed by atoms with Gasteiger partial charge in [0.25, 0.3) is 0 Å². The fraction of sp³-hybridized carbons (Fsp3) is 0.538. The van der Waals surface area contributed by atoms with Gasteiger partial charge in [-0.15, -0.1) is 0 Å². The second kappa shape index (κ2) is 4.77. The zero-order valence-corrected chi connectivity index (χ0v) is 9.28. The molecule has 0 radical (unpaired) electrons. The Morgan fingerprint density at radius 1 is 1.33 bits per heavy atom. The lowest BCUT2D eigenvalue weighted by molar-refractivity contribution is 0.0494. The molecule has 1 heterocycles. The van der Waals surface area contributed by atoms with E-state index in [-0.39, 0.29) is 0 Å². The maximum atomic E-state index is 5.81. The SMILES string of the molecule is Cc1ccc(C2COCCC2CN)cc1. The third-order valence-electron chi connectivity index (χ3n) is 3.31. The van der Waals surface area contributed by atoms with Crippen LogP contribution < -0.4 is 5.73 Å². The fourth-order valence-corrected chi connectivity index (χ4v) is 2.25. The highest BCUT2D eigenvalue weighted by Gasteiger charge is 2.25. The van der Waals surface area contributed by atoms with Crippen LogP contribution in [-0.2, 0) is 4.74 Å². The molecular formula is C13H19NO. The molecule has 0 aromatic heterocycles. The molecule has 0 saturated carbocycles. The second-order valence-corrected chi connectivity index (χ2v) is 4.38. The van der Waals surface area contributed by atoms with E-state index in [2.05, 4.69) is 31.2 Å². The molecule has 0 aliphatic carbocycles. The van der Waals surface area contributed by atoms with Crippen LogP contribution in [0.5, 0.6) is 0 Å². The summed E-state index contributed by atoms with van der Waals surface area (Å²) in [7, 11) is 0. The second-order valence-electron chi connectivity index (χ2n) is 4.38. The van der Waals surface area contributed by atoms with Gasteiger partial charge in [-0.3, -0.25) is 0 Å². The normalized spacial score (nSPS) is 26.5. The van der Waals surface area contributed by atoms with Crippen LogP contribution in [0, 0.1) is 12.8 Å². The molecule has 2 atom stereocenters. The first-order valence-corrected chi connectivity index (χ1v) is 5.65. The highest BCUT2D eigenvalue weighted by molar-refractivity contribution is 5.25. The lowest BCUT2D eigenvalue weighted by atomic mass is 9.83. The van der Waals surface area contributed by atoms with Crippen LogP contribution in [0.15, 0.2) is 24.3 Å². The molecule has 1 saturated heterocycles. The summed E-state index contributed by atoms with van der Waals surface area (Å²) in [5.74, 6) is 1.07. The van der Waals surface area contributed by atoms with Gasteiger partial charge in [0, 0.05) is 12.5 Å². The van der Waals surface area contributed by atoms with Gasteiger partial charge in [0.2, 0.25) is 0 Å². The molecule has 0 spiro atoms. The Balaban J connectivity index is 2.16. The van der Waals surface area contributed by atoms with Gasteiger partial charge in [0.15, 0.2) is 0 Å². The number of nitrogens with two attached hydrogens (primary N) is 1. The molecule has 0 bridgehead atoms. The third-order valence-corrected chi connectivity index (χ3v) is 3.31. The van der Waals surface area contributed by atoms with E-state index in [0.29, 0.717) is 11.8 Å². The Labute approximate surface area is 91.4 Å². The molecule has 2 rings (SSSR count). The van der Waals surface area contributed by atoms with E-state index in [0.717, 1.165) is 26.2 Å². The molecule has 2 heteroatoms. The van der Waals surface area contributed by atoms with E-state index in [9.17, 15) is 0 Å². The van der Waals surface area contributed by atoms with Gasteiger partial charge in [0.05, 0.1) is 6.61 Å². The first kappa shape index (κ1) is 10.7. The van der Waals surface area contributed by atoms with Gasteiger partial charge in [-0.2, -0.15) is 0 Å².